The van der Waals surface area contributed by atoms with Crippen molar-refractivity contribution in [3.8, 4) is 0 Å². The largest absolute Gasteiger partial charge is 0.379 e. The number of benzene rings is 1. The molecular weight excluding hydrogens is 675 g/mol. The van der Waals surface area contributed by atoms with Crippen LogP contribution >= 0.6 is 11.8 Å². The lowest BCUT2D eigenvalue weighted by Gasteiger charge is -2.41. The van der Waals surface area contributed by atoms with Crippen LogP contribution < -0.4 is 10.6 Å². The molecule has 10 nitrogen and oxygen atoms in total. The topological polar surface area (TPSA) is 111 Å². The van der Waals surface area contributed by atoms with Crippen molar-refractivity contribution in [1.82, 2.24) is 25.3 Å². The zero-order valence-electron chi connectivity index (χ0n) is 34.5. The third-order valence-electron chi connectivity index (χ3n) is 10.3. The Hall–Kier alpha value is -2.63. The van der Waals surface area contributed by atoms with Crippen LogP contribution in [0, 0.1) is 17.8 Å². The molecule has 1 aliphatic rings. The molecule has 1 aliphatic heterocycles. The molecule has 4 amide bonds. The van der Waals surface area contributed by atoms with E-state index in [0.29, 0.717) is 19.5 Å². The number of likely N-dealkylation sites (tertiary alicyclic amines) is 1. The van der Waals surface area contributed by atoms with Crippen molar-refractivity contribution in [2.24, 2.45) is 17.8 Å². The third kappa shape index (κ3) is 13.7. The van der Waals surface area contributed by atoms with Gasteiger partial charge in [0, 0.05) is 49.7 Å². The monoisotopic (exact) mass is 746 g/mol. The molecule has 0 radical (unpaired) electrons. The number of ether oxygens (including phenoxy) is 1. The molecule has 1 aromatic carbocycles. The minimum Gasteiger partial charge on any atom is -0.379 e. The standard InChI is InChI=1S/C41H71N5O5S/c1-14-29(6)38(45(12)40(50)36(27(2)3)43-39(49)37(28(4)5)44(10)11)32(51-13)25-35(48)46-24-18-21-31(46)33(52-41(7,8)9)26-34(47)42-23-22-30-19-16-15-17-20-30/h15-17,19-20,27-29,31-33,36-38H,14,18,21-26H2,1-13H3,(H,42,47)(H,43,49). The summed E-state index contributed by atoms with van der Waals surface area (Å²) >= 11 is 1.77. The molecule has 0 aliphatic carbocycles. The number of rotatable bonds is 20. The molecule has 296 valence electrons. The summed E-state index contributed by atoms with van der Waals surface area (Å²) in [7, 11) is 7.13. The van der Waals surface area contributed by atoms with Crippen molar-refractivity contribution in [1.29, 1.82) is 0 Å². The molecule has 2 N–H and O–H groups in total. The molecule has 1 heterocycles. The van der Waals surface area contributed by atoms with Crippen LogP contribution in [0.5, 0.6) is 0 Å². The second kappa shape index (κ2) is 21.3. The summed E-state index contributed by atoms with van der Waals surface area (Å²) in [6.07, 6.45) is 3.15. The normalized spacial score (nSPS) is 18.5. The number of nitrogens with zero attached hydrogens (tertiary/aromatic N) is 3. The number of thioether (sulfide) groups is 1. The molecule has 2 rings (SSSR count). The summed E-state index contributed by atoms with van der Waals surface area (Å²) < 4.78 is 5.98. The molecule has 7 atom stereocenters. The van der Waals surface area contributed by atoms with Gasteiger partial charge in [-0.15, -0.1) is 11.8 Å². The Morgan fingerprint density at radius 2 is 1.62 bits per heavy atom. The minimum absolute atomic E-state index is 0.000754. The molecule has 1 fully saturated rings. The van der Waals surface area contributed by atoms with E-state index < -0.39 is 18.2 Å². The van der Waals surface area contributed by atoms with Gasteiger partial charge in [-0.1, -0.05) is 99.1 Å². The van der Waals surface area contributed by atoms with E-state index in [4.69, 9.17) is 4.74 Å². The van der Waals surface area contributed by atoms with Gasteiger partial charge < -0.3 is 25.2 Å². The van der Waals surface area contributed by atoms with Gasteiger partial charge in [-0.25, -0.2) is 0 Å². The molecule has 0 spiro atoms. The number of carbonyl (C=O) groups excluding carboxylic acids is 4. The second-order valence-corrected chi connectivity index (χ2v) is 18.6. The van der Waals surface area contributed by atoms with Crippen molar-refractivity contribution < 1.29 is 23.9 Å². The fraction of sp³-hybridized carbons (Fsp3) is 0.756. The minimum atomic E-state index is -0.726. The fourth-order valence-corrected chi connectivity index (χ4v) is 9.15. The summed E-state index contributed by atoms with van der Waals surface area (Å²) in [4.78, 5) is 60.8. The lowest BCUT2D eigenvalue weighted by molar-refractivity contribution is -0.146. The van der Waals surface area contributed by atoms with Crippen molar-refractivity contribution in [3.05, 3.63) is 35.9 Å². The highest BCUT2D eigenvalue weighted by atomic mass is 32.2. The van der Waals surface area contributed by atoms with Crippen LogP contribution in [0.4, 0.5) is 0 Å². The van der Waals surface area contributed by atoms with E-state index in [2.05, 4.69) is 57.4 Å². The second-order valence-electron chi connectivity index (χ2n) is 16.5. The number of carbonyl (C=O) groups is 4. The Morgan fingerprint density at radius 3 is 2.13 bits per heavy atom. The number of hydrogen-bond donors (Lipinski definition) is 2. The van der Waals surface area contributed by atoms with Gasteiger partial charge in [0.15, 0.2) is 0 Å². The first-order valence-electron chi connectivity index (χ1n) is 19.4. The first-order valence-corrected chi connectivity index (χ1v) is 20.2. The predicted octanol–water partition coefficient (Wildman–Crippen LogP) is 5.63. The number of amides is 4. The Morgan fingerprint density at radius 1 is 0.981 bits per heavy atom. The number of nitrogens with one attached hydrogen (secondary N) is 2. The maximum absolute atomic E-state index is 14.3. The summed E-state index contributed by atoms with van der Waals surface area (Å²) in [5, 5.41) is 6.12. The third-order valence-corrected chi connectivity index (χ3v) is 11.8. The van der Waals surface area contributed by atoms with E-state index in [1.807, 2.05) is 69.8 Å². The average molecular weight is 746 g/mol. The van der Waals surface area contributed by atoms with E-state index >= 15 is 0 Å². The van der Waals surface area contributed by atoms with Crippen LogP contribution in [0.2, 0.25) is 0 Å². The van der Waals surface area contributed by atoms with Crippen LogP contribution in [-0.4, -0.2) is 120 Å². The highest BCUT2D eigenvalue weighted by Gasteiger charge is 2.42. The highest BCUT2D eigenvalue weighted by molar-refractivity contribution is 8.01. The van der Waals surface area contributed by atoms with Gasteiger partial charge in [-0.2, -0.15) is 0 Å². The average Bonchev–Trinajstić information content (AvgIpc) is 3.56. The van der Waals surface area contributed by atoms with Gasteiger partial charge in [-0.05, 0) is 56.7 Å². The van der Waals surface area contributed by atoms with Gasteiger partial charge in [0.2, 0.25) is 23.6 Å². The van der Waals surface area contributed by atoms with Crippen molar-refractivity contribution in [3.63, 3.8) is 0 Å². The van der Waals surface area contributed by atoms with Gasteiger partial charge in [0.05, 0.1) is 24.6 Å². The SMILES string of the molecule is CCC(C)C(C(CC(=O)N1CCCC1C(CC(=O)NCCc1ccccc1)SC(C)(C)C)OC)N(C)C(=O)C(NC(=O)C(C(C)C)N(C)C)C(C)C. The zero-order valence-corrected chi connectivity index (χ0v) is 35.3. The molecule has 0 bridgehead atoms. The van der Waals surface area contributed by atoms with Crippen LogP contribution in [0.3, 0.4) is 0 Å². The van der Waals surface area contributed by atoms with E-state index in [9.17, 15) is 19.2 Å². The van der Waals surface area contributed by atoms with Crippen LogP contribution in [0.15, 0.2) is 30.3 Å². The van der Waals surface area contributed by atoms with E-state index in [0.717, 1.165) is 25.7 Å². The molecular formula is C41H71N5O5S. The Kier molecular flexibility index (Phi) is 18.7. The van der Waals surface area contributed by atoms with Crippen molar-refractivity contribution >= 4 is 35.4 Å². The van der Waals surface area contributed by atoms with Gasteiger partial charge in [0.1, 0.15) is 6.04 Å². The van der Waals surface area contributed by atoms with Crippen LogP contribution in [0.25, 0.3) is 0 Å². The Labute approximate surface area is 319 Å². The molecule has 0 aromatic heterocycles. The quantitative estimate of drug-likeness (QED) is 0.178. The smallest absolute Gasteiger partial charge is 0.245 e. The highest BCUT2D eigenvalue weighted by Crippen LogP contribution is 2.37. The van der Waals surface area contributed by atoms with Gasteiger partial charge in [-0.3, -0.25) is 24.1 Å². The number of methoxy groups -OCH3 is 1. The molecule has 7 unspecified atom stereocenters. The van der Waals surface area contributed by atoms with Crippen molar-refractivity contribution in [2.45, 2.75) is 141 Å². The maximum atomic E-state index is 14.3. The summed E-state index contributed by atoms with van der Waals surface area (Å²) in [5.74, 6) is -0.439. The summed E-state index contributed by atoms with van der Waals surface area (Å²) in [6, 6.07) is 8.55. The van der Waals surface area contributed by atoms with E-state index in [1.54, 1.807) is 30.8 Å². The van der Waals surface area contributed by atoms with E-state index in [1.165, 1.54) is 5.56 Å². The number of hydrogen-bond acceptors (Lipinski definition) is 7. The first-order chi connectivity index (χ1) is 24.3. The summed E-state index contributed by atoms with van der Waals surface area (Å²) in [6.45, 7) is 19.7. The lowest BCUT2D eigenvalue weighted by atomic mass is 9.89. The van der Waals surface area contributed by atoms with E-state index in [-0.39, 0.29) is 69.9 Å². The van der Waals surface area contributed by atoms with Crippen LogP contribution in [-0.2, 0) is 30.3 Å². The van der Waals surface area contributed by atoms with Gasteiger partial charge >= 0.3 is 0 Å². The lowest BCUT2D eigenvalue weighted by Crippen LogP contribution is -2.59. The molecule has 1 aromatic rings. The van der Waals surface area contributed by atoms with Gasteiger partial charge in [0.25, 0.3) is 0 Å². The first kappa shape index (κ1) is 45.5. The molecule has 52 heavy (non-hydrogen) atoms. The van der Waals surface area contributed by atoms with Crippen molar-refractivity contribution in [2.75, 3.05) is 41.3 Å². The number of likely N-dealkylation sites (N-methyl/N-ethyl adjacent to an activating group) is 2. The summed E-state index contributed by atoms with van der Waals surface area (Å²) in [5.41, 5.74) is 1.18. The predicted molar refractivity (Wildman–Crippen MR) is 214 cm³/mol. The Bertz CT molecular complexity index is 1260. The molecule has 0 saturated carbocycles. The van der Waals surface area contributed by atoms with Crippen LogP contribution in [0.1, 0.15) is 100.0 Å². The molecule has 1 saturated heterocycles. The maximum Gasteiger partial charge on any atom is 0.245 e. The fourth-order valence-electron chi connectivity index (χ4n) is 7.57. The zero-order chi connectivity index (χ0) is 39.3. The Balaban J connectivity index is 2.26. The molecule has 11 heteroatoms.